The molecule has 1 aliphatic heterocycles. The van der Waals surface area contributed by atoms with Gasteiger partial charge in [-0.1, -0.05) is 24.3 Å². The Balaban J connectivity index is 1.44. The first-order valence-electron chi connectivity index (χ1n) is 12.1. The van der Waals surface area contributed by atoms with Crippen LogP contribution in [0.5, 0.6) is 0 Å². The molecular formula is C29H29F2NO3S. The van der Waals surface area contributed by atoms with Crippen LogP contribution in [0.2, 0.25) is 0 Å². The van der Waals surface area contributed by atoms with Gasteiger partial charge in [-0.15, -0.1) is 11.3 Å². The molecule has 1 fully saturated rings. The van der Waals surface area contributed by atoms with Crippen LogP contribution in [0.25, 0.3) is 0 Å². The zero-order valence-corrected chi connectivity index (χ0v) is 20.9. The highest BCUT2D eigenvalue weighted by Gasteiger charge is 2.37. The van der Waals surface area contributed by atoms with Gasteiger partial charge in [0.2, 0.25) is 0 Å². The quantitative estimate of drug-likeness (QED) is 0.284. The third kappa shape index (κ3) is 5.44. The summed E-state index contributed by atoms with van der Waals surface area (Å²) in [4.78, 5) is 4.84. The average Bonchev–Trinajstić information content (AvgIpc) is 3.63. The number of thiophene rings is 1. The lowest BCUT2D eigenvalue weighted by Gasteiger charge is -2.28. The number of hydrogen-bond acceptors (Lipinski definition) is 5. The largest absolute Gasteiger partial charge is 0.461 e. The van der Waals surface area contributed by atoms with E-state index in [0.717, 1.165) is 32.5 Å². The highest BCUT2D eigenvalue weighted by molar-refractivity contribution is 7.11. The molecule has 1 atom stereocenters. The number of benzene rings is 2. The number of aliphatic hydroxyl groups is 1. The van der Waals surface area contributed by atoms with E-state index in [1.165, 1.54) is 58.3 Å². The Labute approximate surface area is 213 Å². The zero-order valence-electron chi connectivity index (χ0n) is 20.1. The van der Waals surface area contributed by atoms with Crippen molar-refractivity contribution in [3.05, 3.63) is 117 Å². The first kappa shape index (κ1) is 24.8. The number of rotatable bonds is 9. The number of aryl methyl sites for hydroxylation is 1. The van der Waals surface area contributed by atoms with Crippen LogP contribution in [0.4, 0.5) is 8.78 Å². The van der Waals surface area contributed by atoms with Crippen molar-refractivity contribution >= 4 is 11.3 Å². The van der Waals surface area contributed by atoms with Crippen molar-refractivity contribution < 1.29 is 23.0 Å². The lowest BCUT2D eigenvalue weighted by Crippen LogP contribution is -2.31. The maximum atomic E-state index is 13.7. The summed E-state index contributed by atoms with van der Waals surface area (Å²) in [7, 11) is 0. The molecular weight excluding hydrogens is 480 g/mol. The number of nitrogens with zero attached hydrogens (tertiary/aromatic N) is 1. The Morgan fingerprint density at radius 1 is 0.917 bits per heavy atom. The van der Waals surface area contributed by atoms with E-state index in [9.17, 15) is 13.9 Å². The average molecular weight is 510 g/mol. The molecule has 0 bridgehead atoms. The fourth-order valence-corrected chi connectivity index (χ4v) is 5.70. The molecule has 0 spiro atoms. The summed E-state index contributed by atoms with van der Waals surface area (Å²) in [6.07, 6.45) is 2.30. The summed E-state index contributed by atoms with van der Waals surface area (Å²) >= 11 is 1.78. The summed E-state index contributed by atoms with van der Waals surface area (Å²) in [6, 6.07) is 19.1. The van der Waals surface area contributed by atoms with Crippen LogP contribution in [0.1, 0.15) is 45.2 Å². The van der Waals surface area contributed by atoms with Gasteiger partial charge in [0.05, 0.1) is 12.6 Å². The minimum atomic E-state index is -1.70. The molecule has 0 aliphatic carbocycles. The lowest BCUT2D eigenvalue weighted by atomic mass is 9.84. The minimum Gasteiger partial charge on any atom is -0.461 e. The van der Waals surface area contributed by atoms with Gasteiger partial charge in [-0.3, -0.25) is 4.90 Å². The van der Waals surface area contributed by atoms with Crippen molar-refractivity contribution in [2.24, 2.45) is 0 Å². The summed E-state index contributed by atoms with van der Waals surface area (Å²) < 4.78 is 39.4. The van der Waals surface area contributed by atoms with Gasteiger partial charge in [0.1, 0.15) is 23.2 Å². The molecule has 2 aromatic carbocycles. The van der Waals surface area contributed by atoms with Gasteiger partial charge in [-0.25, -0.2) is 8.78 Å². The molecule has 0 saturated carbocycles. The first-order chi connectivity index (χ1) is 17.4. The summed E-state index contributed by atoms with van der Waals surface area (Å²) in [5.74, 6) is 0.168. The Morgan fingerprint density at radius 3 is 2.14 bits per heavy atom. The van der Waals surface area contributed by atoms with Gasteiger partial charge in [-0.05, 0) is 79.4 Å². The normalized spacial score (nSPS) is 16.2. The van der Waals surface area contributed by atoms with Crippen molar-refractivity contribution in [3.8, 4) is 0 Å². The summed E-state index contributed by atoms with van der Waals surface area (Å²) in [5, 5.41) is 12.0. The topological polar surface area (TPSA) is 45.8 Å². The van der Waals surface area contributed by atoms with Gasteiger partial charge < -0.3 is 14.3 Å². The molecule has 188 valence electrons. The molecule has 4 nitrogen and oxygen atoms in total. The lowest BCUT2D eigenvalue weighted by molar-refractivity contribution is 0.0633. The van der Waals surface area contributed by atoms with E-state index in [2.05, 4.69) is 24.0 Å². The monoisotopic (exact) mass is 509 g/mol. The minimum absolute atomic E-state index is 0.191. The van der Waals surface area contributed by atoms with Crippen LogP contribution in [0.3, 0.4) is 0 Å². The molecule has 7 heteroatoms. The predicted octanol–water partition coefficient (Wildman–Crippen LogP) is 6.39. The number of furan rings is 1. The van der Waals surface area contributed by atoms with E-state index in [0.29, 0.717) is 29.2 Å². The number of ether oxygens (including phenoxy) is 1. The molecule has 36 heavy (non-hydrogen) atoms. The fourth-order valence-electron chi connectivity index (χ4n) is 4.76. The zero-order chi connectivity index (χ0) is 25.1. The maximum absolute atomic E-state index is 13.7. The van der Waals surface area contributed by atoms with Crippen LogP contribution in [-0.2, 0) is 23.4 Å². The fraction of sp³-hybridized carbons (Fsp3) is 0.310. The van der Waals surface area contributed by atoms with E-state index in [4.69, 9.17) is 9.15 Å². The summed E-state index contributed by atoms with van der Waals surface area (Å²) in [6.45, 7) is 4.99. The third-order valence-electron chi connectivity index (χ3n) is 6.58. The van der Waals surface area contributed by atoms with Crippen molar-refractivity contribution in [1.82, 2.24) is 4.90 Å². The molecule has 0 radical (unpaired) electrons. The highest BCUT2D eigenvalue weighted by atomic mass is 32.1. The molecule has 4 aromatic rings. The van der Waals surface area contributed by atoms with Crippen LogP contribution in [0, 0.1) is 18.6 Å². The van der Waals surface area contributed by atoms with E-state index in [-0.39, 0.29) is 6.10 Å². The van der Waals surface area contributed by atoms with Crippen LogP contribution >= 0.6 is 11.3 Å². The summed E-state index contributed by atoms with van der Waals surface area (Å²) in [5.41, 5.74) is -0.840. The van der Waals surface area contributed by atoms with E-state index in [1.807, 2.05) is 6.07 Å². The highest BCUT2D eigenvalue weighted by Crippen LogP contribution is 2.38. The molecule has 1 aliphatic rings. The van der Waals surface area contributed by atoms with Crippen LogP contribution in [0.15, 0.2) is 77.2 Å². The van der Waals surface area contributed by atoms with Gasteiger partial charge >= 0.3 is 0 Å². The SMILES string of the molecule is Cc1ccc(CN(Cc2ccc(C(O)(c3ccc(F)cc3)c3ccc(F)cc3)o2)CC2CCCO2)s1. The van der Waals surface area contributed by atoms with E-state index in [1.54, 1.807) is 17.4 Å². The van der Waals surface area contributed by atoms with E-state index < -0.39 is 17.2 Å². The van der Waals surface area contributed by atoms with Gasteiger partial charge in [0.25, 0.3) is 0 Å². The van der Waals surface area contributed by atoms with Gasteiger partial charge in [0, 0.05) is 29.5 Å². The number of halogens is 2. The second-order valence-electron chi connectivity index (χ2n) is 9.31. The van der Waals surface area contributed by atoms with Crippen LogP contribution in [-0.4, -0.2) is 29.3 Å². The maximum Gasteiger partial charge on any atom is 0.173 e. The van der Waals surface area contributed by atoms with Gasteiger partial charge in [-0.2, -0.15) is 0 Å². The molecule has 1 N–H and O–H groups in total. The van der Waals surface area contributed by atoms with Crippen LogP contribution < -0.4 is 0 Å². The Hall–Kier alpha value is -2.84. The molecule has 1 unspecified atom stereocenters. The van der Waals surface area contributed by atoms with E-state index >= 15 is 0 Å². The smallest absolute Gasteiger partial charge is 0.173 e. The number of hydrogen-bond donors (Lipinski definition) is 1. The van der Waals surface area contributed by atoms with Crippen molar-refractivity contribution in [1.29, 1.82) is 0 Å². The Kier molecular flexibility index (Phi) is 7.34. The standard InChI is InChI=1S/C29H29F2NO3S/c1-20-4-14-27(36-20)19-32(17-25-3-2-16-34-25)18-26-13-15-28(35-26)29(33,21-5-9-23(30)10-6-21)22-7-11-24(31)12-8-22/h4-15,25,33H,2-3,16-19H2,1H3. The molecule has 0 amide bonds. The predicted molar refractivity (Wildman–Crippen MR) is 136 cm³/mol. The van der Waals surface area contributed by atoms with Gasteiger partial charge in [0.15, 0.2) is 5.60 Å². The molecule has 3 heterocycles. The Morgan fingerprint density at radius 2 is 1.58 bits per heavy atom. The first-order valence-corrected chi connectivity index (χ1v) is 12.9. The van der Waals surface area contributed by atoms with Crippen molar-refractivity contribution in [3.63, 3.8) is 0 Å². The molecule has 5 rings (SSSR count). The van der Waals surface area contributed by atoms with Crippen molar-refractivity contribution in [2.75, 3.05) is 13.2 Å². The third-order valence-corrected chi connectivity index (χ3v) is 7.57. The molecule has 2 aromatic heterocycles. The van der Waals surface area contributed by atoms with Crippen molar-refractivity contribution in [2.45, 2.75) is 44.6 Å². The second-order valence-corrected chi connectivity index (χ2v) is 10.7. The molecule has 1 saturated heterocycles. The Bertz CT molecular complexity index is 1230. The second kappa shape index (κ2) is 10.6.